The van der Waals surface area contributed by atoms with Crippen LogP contribution in [0, 0.1) is 0 Å². The summed E-state index contributed by atoms with van der Waals surface area (Å²) in [5, 5.41) is 34.2. The molecule has 26 heavy (non-hydrogen) atoms. The Hall–Kier alpha value is -1.89. The van der Waals surface area contributed by atoms with Gasteiger partial charge in [-0.3, -0.25) is 14.4 Å². The first-order valence-electron chi connectivity index (χ1n) is 7.78. The van der Waals surface area contributed by atoms with Crippen LogP contribution < -0.4 is 21.7 Å². The topological polar surface area (TPSA) is 191 Å². The molecule has 150 valence electrons. The first-order chi connectivity index (χ1) is 12.2. The number of carbonyl (C=O) groups excluding carboxylic acids is 3. The molecule has 0 heterocycles. The van der Waals surface area contributed by atoms with Crippen LogP contribution in [0.1, 0.15) is 13.3 Å². The molecule has 11 nitrogen and oxygen atoms in total. The number of carboxylic acid groups (broad SMARTS) is 1. The fraction of sp³-hybridized carbons (Fsp3) is 0.714. The van der Waals surface area contributed by atoms with Gasteiger partial charge in [-0.2, -0.15) is 11.8 Å². The number of nitrogens with two attached hydrogens (primary N) is 1. The molecular weight excluding hydrogens is 368 g/mol. The Morgan fingerprint density at radius 1 is 0.923 bits per heavy atom. The van der Waals surface area contributed by atoms with Crippen LogP contribution >= 0.6 is 11.8 Å². The normalized spacial score (nSPS) is 15.3. The highest BCUT2D eigenvalue weighted by Crippen LogP contribution is 2.02. The van der Waals surface area contributed by atoms with Gasteiger partial charge in [0.05, 0.1) is 19.3 Å². The van der Waals surface area contributed by atoms with Crippen LogP contribution in [0.25, 0.3) is 0 Å². The molecule has 0 aliphatic carbocycles. The van der Waals surface area contributed by atoms with Crippen molar-refractivity contribution >= 4 is 35.5 Å². The van der Waals surface area contributed by atoms with E-state index < -0.39 is 61.1 Å². The summed E-state index contributed by atoms with van der Waals surface area (Å²) >= 11 is 1.40. The summed E-state index contributed by atoms with van der Waals surface area (Å²) in [4.78, 5) is 46.8. The van der Waals surface area contributed by atoms with E-state index in [1.165, 1.54) is 18.7 Å². The molecule has 12 heteroatoms. The molecule has 4 atom stereocenters. The molecule has 0 aromatic heterocycles. The molecule has 0 saturated carbocycles. The fourth-order valence-electron chi connectivity index (χ4n) is 1.73. The maximum atomic E-state index is 12.1. The van der Waals surface area contributed by atoms with Gasteiger partial charge >= 0.3 is 5.97 Å². The second-order valence-corrected chi connectivity index (χ2v) is 6.44. The number of thioether (sulfide) groups is 1. The van der Waals surface area contributed by atoms with Gasteiger partial charge in [0.1, 0.15) is 18.1 Å². The predicted molar refractivity (Wildman–Crippen MR) is 94.2 cm³/mol. The number of hydrogen-bond acceptors (Lipinski definition) is 8. The van der Waals surface area contributed by atoms with Crippen LogP contribution in [0.3, 0.4) is 0 Å². The van der Waals surface area contributed by atoms with E-state index in [4.69, 9.17) is 10.8 Å². The van der Waals surface area contributed by atoms with Gasteiger partial charge < -0.3 is 37.0 Å². The number of amides is 3. The lowest BCUT2D eigenvalue weighted by Crippen LogP contribution is -2.58. The summed E-state index contributed by atoms with van der Waals surface area (Å²) in [5.41, 5.74) is 5.35. The second kappa shape index (κ2) is 12.5. The minimum Gasteiger partial charge on any atom is -0.480 e. The van der Waals surface area contributed by atoms with Gasteiger partial charge in [0, 0.05) is 0 Å². The maximum absolute atomic E-state index is 12.1. The van der Waals surface area contributed by atoms with Crippen LogP contribution in [0.5, 0.6) is 0 Å². The second-order valence-electron chi connectivity index (χ2n) is 5.46. The van der Waals surface area contributed by atoms with Gasteiger partial charge in [0.25, 0.3) is 0 Å². The van der Waals surface area contributed by atoms with Crippen LogP contribution in [0.4, 0.5) is 0 Å². The van der Waals surface area contributed by atoms with Crippen molar-refractivity contribution in [2.75, 3.05) is 25.2 Å². The number of carboxylic acids is 1. The number of aliphatic hydroxyl groups is 2. The summed E-state index contributed by atoms with van der Waals surface area (Å²) in [5.74, 6) is -3.26. The highest BCUT2D eigenvalue weighted by Gasteiger charge is 2.29. The summed E-state index contributed by atoms with van der Waals surface area (Å²) in [6.45, 7) is -0.173. The van der Waals surface area contributed by atoms with Crippen molar-refractivity contribution in [1.29, 1.82) is 0 Å². The SMILES string of the molecule is CSCCC(NC(=O)C(CO)NC(=O)C(CO)NC(=O)C(C)N)C(=O)O. The molecule has 8 N–H and O–H groups in total. The summed E-state index contributed by atoms with van der Waals surface area (Å²) < 4.78 is 0. The average molecular weight is 394 g/mol. The van der Waals surface area contributed by atoms with Crippen LogP contribution in [0.15, 0.2) is 0 Å². The number of aliphatic hydroxyl groups excluding tert-OH is 2. The molecule has 0 fully saturated rings. The molecule has 4 unspecified atom stereocenters. The first kappa shape index (κ1) is 24.1. The lowest BCUT2D eigenvalue weighted by molar-refractivity contribution is -0.142. The number of hydrogen-bond donors (Lipinski definition) is 7. The molecule has 0 aliphatic heterocycles. The van der Waals surface area contributed by atoms with E-state index in [-0.39, 0.29) is 6.42 Å². The van der Waals surface area contributed by atoms with Crippen LogP contribution in [-0.4, -0.2) is 88.4 Å². The molecule has 0 aromatic rings. The third kappa shape index (κ3) is 8.47. The molecule has 0 aliphatic rings. The third-order valence-electron chi connectivity index (χ3n) is 3.27. The molecule has 0 radical (unpaired) electrons. The van der Waals surface area contributed by atoms with Crippen LogP contribution in [0.2, 0.25) is 0 Å². The van der Waals surface area contributed by atoms with Gasteiger partial charge in [-0.15, -0.1) is 0 Å². The van der Waals surface area contributed by atoms with E-state index >= 15 is 0 Å². The average Bonchev–Trinajstić information content (AvgIpc) is 2.59. The van der Waals surface area contributed by atoms with E-state index in [9.17, 15) is 29.4 Å². The van der Waals surface area contributed by atoms with Crippen LogP contribution in [-0.2, 0) is 19.2 Å². The lowest BCUT2D eigenvalue weighted by Gasteiger charge is -2.23. The van der Waals surface area contributed by atoms with Gasteiger partial charge in [-0.05, 0) is 25.4 Å². The fourth-order valence-corrected chi connectivity index (χ4v) is 2.20. The lowest BCUT2D eigenvalue weighted by atomic mass is 10.2. The largest absolute Gasteiger partial charge is 0.480 e. The van der Waals surface area contributed by atoms with Gasteiger partial charge in [-0.25, -0.2) is 4.79 Å². The Morgan fingerprint density at radius 2 is 1.35 bits per heavy atom. The number of aliphatic carboxylic acids is 1. The minimum atomic E-state index is -1.44. The quantitative estimate of drug-likeness (QED) is 0.177. The van der Waals surface area contributed by atoms with E-state index in [0.717, 1.165) is 0 Å². The highest BCUT2D eigenvalue weighted by molar-refractivity contribution is 7.98. The van der Waals surface area contributed by atoms with Crippen molar-refractivity contribution in [1.82, 2.24) is 16.0 Å². The Labute approximate surface area is 155 Å². The zero-order chi connectivity index (χ0) is 20.3. The van der Waals surface area contributed by atoms with Gasteiger partial charge in [0.2, 0.25) is 17.7 Å². The van der Waals surface area contributed by atoms with E-state index in [1.54, 1.807) is 6.26 Å². The van der Waals surface area contributed by atoms with Gasteiger partial charge in [0.15, 0.2) is 0 Å². The Kier molecular flexibility index (Phi) is 11.6. The molecule has 0 bridgehead atoms. The van der Waals surface area contributed by atoms with Crippen molar-refractivity contribution in [2.45, 2.75) is 37.5 Å². The molecule has 0 aromatic carbocycles. The van der Waals surface area contributed by atoms with Crippen molar-refractivity contribution in [3.8, 4) is 0 Å². The number of rotatable bonds is 12. The zero-order valence-electron chi connectivity index (χ0n) is 14.6. The molecule has 3 amide bonds. The van der Waals surface area contributed by atoms with E-state index in [0.29, 0.717) is 5.75 Å². The Bertz CT molecular complexity index is 504. The summed E-state index contributed by atoms with van der Waals surface area (Å²) in [6, 6.07) is -4.91. The number of carbonyl (C=O) groups is 4. The maximum Gasteiger partial charge on any atom is 0.326 e. The molecule has 0 rings (SSSR count). The standard InChI is InChI=1S/C14H26N4O7S/c1-7(15)11(21)17-9(5-19)13(23)18-10(6-20)12(22)16-8(14(24)25)3-4-26-2/h7-10,19-20H,3-6,15H2,1-2H3,(H,16,22)(H,17,21)(H,18,23)(H,24,25). The summed E-state index contributed by atoms with van der Waals surface area (Å²) in [6.07, 6.45) is 1.95. The van der Waals surface area contributed by atoms with Crippen molar-refractivity contribution in [3.63, 3.8) is 0 Å². The predicted octanol–water partition coefficient (Wildman–Crippen LogP) is -3.39. The van der Waals surface area contributed by atoms with Gasteiger partial charge in [-0.1, -0.05) is 0 Å². The van der Waals surface area contributed by atoms with E-state index in [2.05, 4.69) is 16.0 Å². The smallest absolute Gasteiger partial charge is 0.326 e. The monoisotopic (exact) mass is 394 g/mol. The van der Waals surface area contributed by atoms with Crippen molar-refractivity contribution in [3.05, 3.63) is 0 Å². The minimum absolute atomic E-state index is 0.165. The summed E-state index contributed by atoms with van der Waals surface area (Å²) in [7, 11) is 0. The Balaban J connectivity index is 4.88. The molecule has 0 spiro atoms. The molecular formula is C14H26N4O7S. The highest BCUT2D eigenvalue weighted by atomic mass is 32.2. The number of nitrogens with one attached hydrogen (secondary N) is 3. The molecule has 0 saturated heterocycles. The first-order valence-corrected chi connectivity index (χ1v) is 9.17. The third-order valence-corrected chi connectivity index (χ3v) is 3.91. The zero-order valence-corrected chi connectivity index (χ0v) is 15.4. The van der Waals surface area contributed by atoms with E-state index in [1.807, 2.05) is 0 Å². The Morgan fingerprint density at radius 3 is 1.69 bits per heavy atom. The van der Waals surface area contributed by atoms with Crippen molar-refractivity contribution in [2.24, 2.45) is 5.73 Å². The van der Waals surface area contributed by atoms with Crippen molar-refractivity contribution < 1.29 is 34.5 Å².